The Balaban J connectivity index is 1.40. The van der Waals surface area contributed by atoms with Gasteiger partial charge in [-0.1, -0.05) is 12.1 Å². The maximum Gasteiger partial charge on any atom is 0.407 e. The lowest BCUT2D eigenvalue weighted by Crippen LogP contribution is -2.50. The van der Waals surface area contributed by atoms with E-state index in [0.29, 0.717) is 6.04 Å². The molecule has 9 nitrogen and oxygen atoms in total. The molecule has 0 radical (unpaired) electrons. The van der Waals surface area contributed by atoms with Crippen molar-refractivity contribution in [3.05, 3.63) is 42.6 Å². The summed E-state index contributed by atoms with van der Waals surface area (Å²) in [5, 5.41) is 9.05. The van der Waals surface area contributed by atoms with Gasteiger partial charge in [0.25, 0.3) is 0 Å². The summed E-state index contributed by atoms with van der Waals surface area (Å²) in [6.07, 6.45) is 0.813. The Morgan fingerprint density at radius 1 is 0.879 bits per heavy atom. The summed E-state index contributed by atoms with van der Waals surface area (Å²) in [6.45, 7) is 9.09. The molecule has 0 bridgehead atoms. The van der Waals surface area contributed by atoms with Crippen LogP contribution in [-0.4, -0.2) is 97.1 Å². The van der Waals surface area contributed by atoms with Gasteiger partial charge >= 0.3 is 6.09 Å². The number of aromatic nitrogens is 1. The Morgan fingerprint density at radius 2 is 1.48 bits per heavy atom. The van der Waals surface area contributed by atoms with Crippen molar-refractivity contribution in [1.29, 1.82) is 0 Å². The summed E-state index contributed by atoms with van der Waals surface area (Å²) in [5.41, 5.74) is 1.83. The number of hydrogen-bond donors (Lipinski definition) is 1. The second-order valence-corrected chi connectivity index (χ2v) is 10.7. The van der Waals surface area contributed by atoms with E-state index >= 15 is 0 Å². The van der Waals surface area contributed by atoms with E-state index in [-0.39, 0.29) is 31.1 Å². The third kappa shape index (κ3) is 5.13. The van der Waals surface area contributed by atoms with E-state index in [2.05, 4.69) is 28.6 Å². The van der Waals surface area contributed by atoms with Crippen molar-refractivity contribution >= 4 is 21.9 Å². The second-order valence-electron chi connectivity index (χ2n) is 8.72. The summed E-state index contributed by atoms with van der Waals surface area (Å²) in [5.74, 6) is 0.960. The lowest BCUT2D eigenvalue weighted by Gasteiger charge is -2.37. The normalized spacial score (nSPS) is 18.6. The highest BCUT2D eigenvalue weighted by Crippen LogP contribution is 2.25. The molecule has 10 heteroatoms. The number of pyridine rings is 1. The van der Waals surface area contributed by atoms with Gasteiger partial charge in [-0.05, 0) is 43.7 Å². The predicted molar refractivity (Wildman–Crippen MR) is 127 cm³/mol. The number of amides is 1. The number of carbonyl (C=O) groups is 1. The van der Waals surface area contributed by atoms with Crippen LogP contribution in [0.5, 0.6) is 0 Å². The zero-order chi connectivity index (χ0) is 23.6. The van der Waals surface area contributed by atoms with Gasteiger partial charge in [0.2, 0.25) is 10.0 Å². The van der Waals surface area contributed by atoms with Crippen molar-refractivity contribution in [3.8, 4) is 11.1 Å². The molecular formula is C23H31N5O4S. The average molecular weight is 474 g/mol. The average Bonchev–Trinajstić information content (AvgIpc) is 2.84. The molecule has 0 aliphatic carbocycles. The van der Waals surface area contributed by atoms with Crippen LogP contribution < -0.4 is 4.90 Å². The number of nitrogens with zero attached hydrogens (tertiary/aromatic N) is 5. The van der Waals surface area contributed by atoms with Crippen molar-refractivity contribution in [1.82, 2.24) is 19.1 Å². The number of hydrogen-bond acceptors (Lipinski definition) is 6. The number of piperazine rings is 2. The van der Waals surface area contributed by atoms with E-state index < -0.39 is 16.1 Å². The van der Waals surface area contributed by atoms with Crippen molar-refractivity contribution in [2.75, 3.05) is 57.3 Å². The summed E-state index contributed by atoms with van der Waals surface area (Å²) in [6, 6.07) is 11.4. The van der Waals surface area contributed by atoms with Crippen LogP contribution in [0.3, 0.4) is 0 Å². The quantitative estimate of drug-likeness (QED) is 0.711. The fourth-order valence-corrected chi connectivity index (χ4v) is 5.72. The monoisotopic (exact) mass is 473 g/mol. The molecule has 2 saturated heterocycles. The Bertz CT molecular complexity index is 1060. The van der Waals surface area contributed by atoms with E-state index in [0.717, 1.165) is 43.1 Å². The van der Waals surface area contributed by atoms with Gasteiger partial charge in [-0.15, -0.1) is 0 Å². The second kappa shape index (κ2) is 9.66. The maximum absolute atomic E-state index is 12.9. The highest BCUT2D eigenvalue weighted by atomic mass is 32.2. The smallest absolute Gasteiger partial charge is 0.407 e. The lowest BCUT2D eigenvalue weighted by molar-refractivity contribution is 0.126. The summed E-state index contributed by atoms with van der Waals surface area (Å²) < 4.78 is 27.2. The molecule has 2 aliphatic rings. The third-order valence-electron chi connectivity index (χ3n) is 6.45. The van der Waals surface area contributed by atoms with E-state index in [4.69, 9.17) is 5.11 Å². The molecule has 0 atom stereocenters. The molecular weight excluding hydrogens is 442 g/mol. The largest absolute Gasteiger partial charge is 0.465 e. The van der Waals surface area contributed by atoms with Gasteiger partial charge in [-0.2, -0.15) is 4.31 Å². The molecule has 1 amide bonds. The fourth-order valence-electron chi connectivity index (χ4n) is 4.30. The molecule has 1 N–H and O–H groups in total. The molecule has 1 aromatic heterocycles. The number of sulfonamides is 1. The minimum absolute atomic E-state index is 0.160. The molecule has 0 spiro atoms. The van der Waals surface area contributed by atoms with Crippen LogP contribution in [-0.2, 0) is 10.0 Å². The van der Waals surface area contributed by atoms with Gasteiger partial charge < -0.3 is 14.9 Å². The van der Waals surface area contributed by atoms with Gasteiger partial charge in [0.05, 0.1) is 4.90 Å². The minimum Gasteiger partial charge on any atom is -0.465 e. The molecule has 3 heterocycles. The van der Waals surface area contributed by atoms with Gasteiger partial charge in [0, 0.05) is 70.2 Å². The Kier molecular flexibility index (Phi) is 6.87. The van der Waals surface area contributed by atoms with E-state index in [1.807, 2.05) is 18.3 Å². The van der Waals surface area contributed by atoms with Crippen molar-refractivity contribution in [3.63, 3.8) is 0 Å². The summed E-state index contributed by atoms with van der Waals surface area (Å²) >= 11 is 0. The van der Waals surface area contributed by atoms with Crippen LogP contribution in [0.15, 0.2) is 47.5 Å². The zero-order valence-corrected chi connectivity index (χ0v) is 19.9. The lowest BCUT2D eigenvalue weighted by atomic mass is 10.1. The molecule has 2 aliphatic heterocycles. The first-order chi connectivity index (χ1) is 15.8. The van der Waals surface area contributed by atoms with Crippen molar-refractivity contribution in [2.45, 2.75) is 24.8 Å². The zero-order valence-electron chi connectivity index (χ0n) is 19.1. The Labute approximate surface area is 195 Å². The molecule has 4 rings (SSSR count). The predicted octanol–water partition coefficient (Wildman–Crippen LogP) is 2.26. The first-order valence-corrected chi connectivity index (χ1v) is 12.7. The van der Waals surface area contributed by atoms with Crippen LogP contribution in [0.4, 0.5) is 10.6 Å². The molecule has 0 unspecified atom stereocenters. The standard InChI is InChI=1S/C23H31N5O4S/c1-18(2)25-9-11-26(12-10-25)22-8-5-20(17-24-22)19-3-6-21(7-4-19)33(31,32)28-15-13-27(14-16-28)23(29)30/h3-8,17-18H,9-16H2,1-2H3,(H,29,30). The Morgan fingerprint density at radius 3 is 2.00 bits per heavy atom. The van der Waals surface area contributed by atoms with Gasteiger partial charge in [-0.3, -0.25) is 4.90 Å². The molecule has 0 saturated carbocycles. The molecule has 1 aromatic carbocycles. The van der Waals surface area contributed by atoms with Crippen molar-refractivity contribution in [2.24, 2.45) is 0 Å². The van der Waals surface area contributed by atoms with E-state index in [1.165, 1.54) is 9.21 Å². The van der Waals surface area contributed by atoms with Crippen LogP contribution in [0.2, 0.25) is 0 Å². The highest BCUT2D eigenvalue weighted by Gasteiger charge is 2.30. The number of anilines is 1. The molecule has 33 heavy (non-hydrogen) atoms. The molecule has 2 fully saturated rings. The SMILES string of the molecule is CC(C)N1CCN(c2ccc(-c3ccc(S(=O)(=O)N4CCN(C(=O)O)CC4)cc3)cn2)CC1. The maximum atomic E-state index is 12.9. The van der Waals surface area contributed by atoms with Gasteiger partial charge in [0.15, 0.2) is 0 Å². The number of rotatable bonds is 5. The van der Waals surface area contributed by atoms with Crippen LogP contribution in [0.25, 0.3) is 11.1 Å². The first kappa shape index (κ1) is 23.5. The summed E-state index contributed by atoms with van der Waals surface area (Å²) in [7, 11) is -3.65. The van der Waals surface area contributed by atoms with Gasteiger partial charge in [-0.25, -0.2) is 18.2 Å². The van der Waals surface area contributed by atoms with E-state index in [9.17, 15) is 13.2 Å². The van der Waals surface area contributed by atoms with Crippen molar-refractivity contribution < 1.29 is 18.3 Å². The number of carboxylic acid groups (broad SMARTS) is 1. The minimum atomic E-state index is -3.65. The number of benzene rings is 1. The Hall–Kier alpha value is -2.69. The van der Waals surface area contributed by atoms with Crippen LogP contribution in [0.1, 0.15) is 13.8 Å². The summed E-state index contributed by atoms with van der Waals surface area (Å²) in [4.78, 5) is 21.9. The van der Waals surface area contributed by atoms with Crippen LogP contribution in [0, 0.1) is 0 Å². The topological polar surface area (TPSA) is 97.3 Å². The molecule has 2 aromatic rings. The first-order valence-electron chi connectivity index (χ1n) is 11.3. The third-order valence-corrected chi connectivity index (χ3v) is 8.36. The fraction of sp³-hybridized carbons (Fsp3) is 0.478. The highest BCUT2D eigenvalue weighted by molar-refractivity contribution is 7.89. The van der Waals surface area contributed by atoms with E-state index in [1.54, 1.807) is 24.3 Å². The van der Waals surface area contributed by atoms with Crippen LogP contribution >= 0.6 is 0 Å². The molecule has 178 valence electrons. The van der Waals surface area contributed by atoms with Gasteiger partial charge in [0.1, 0.15) is 5.82 Å².